The molecular weight excluding hydrogens is 496 g/mol. The molecule has 0 aliphatic carbocycles. The zero-order valence-electron chi connectivity index (χ0n) is 11.2. The summed E-state index contributed by atoms with van der Waals surface area (Å²) in [5, 5.41) is 31.3. The lowest BCUT2D eigenvalue weighted by Gasteiger charge is -1.87. The van der Waals surface area contributed by atoms with Crippen LogP contribution in [-0.4, -0.2) is 27.2 Å². The number of primary amides is 1. The van der Waals surface area contributed by atoms with E-state index in [9.17, 15) is 25.0 Å². The standard InChI is InChI=1S/2C5H3BrN2O3S/c6-4-1-3(2-7-9)5(12-4)8(10)11;6-3-1-2(4(7)9)5(12-3)8(10)11/h1-2,9H;1H,(H2,7,9). The number of nitro groups is 2. The van der Waals surface area contributed by atoms with Crippen LogP contribution in [0.2, 0.25) is 0 Å². The Morgan fingerprint density at radius 2 is 1.67 bits per heavy atom. The molecule has 0 unspecified atom stereocenters. The molecule has 128 valence electrons. The monoisotopic (exact) mass is 500 g/mol. The molecule has 0 aliphatic rings. The SMILES string of the molecule is NC(=O)c1cc(Br)sc1[N+](=O)[O-].O=[N+]([O-])c1sc(Br)cc1C=NO. The van der Waals surface area contributed by atoms with Crippen molar-refractivity contribution >= 4 is 76.7 Å². The Morgan fingerprint density at radius 3 is 2.08 bits per heavy atom. The van der Waals surface area contributed by atoms with Gasteiger partial charge in [0.15, 0.2) is 0 Å². The van der Waals surface area contributed by atoms with E-state index in [1.165, 1.54) is 12.1 Å². The quantitative estimate of drug-likeness (QED) is 0.280. The molecule has 1 amide bonds. The van der Waals surface area contributed by atoms with Crippen molar-refractivity contribution in [2.24, 2.45) is 10.9 Å². The van der Waals surface area contributed by atoms with E-state index in [1.807, 2.05) is 0 Å². The van der Waals surface area contributed by atoms with Crippen LogP contribution in [0.15, 0.2) is 24.9 Å². The normalized spacial score (nSPS) is 10.2. The number of hydrogen-bond acceptors (Lipinski definition) is 9. The second kappa shape index (κ2) is 8.81. The third-order valence-electron chi connectivity index (χ3n) is 2.19. The van der Waals surface area contributed by atoms with E-state index in [2.05, 4.69) is 37.0 Å². The third kappa shape index (κ3) is 5.33. The highest BCUT2D eigenvalue weighted by Crippen LogP contribution is 2.33. The number of oxime groups is 1. The Bertz CT molecular complexity index is 787. The smallest absolute Gasteiger partial charge is 0.337 e. The van der Waals surface area contributed by atoms with Crippen LogP contribution < -0.4 is 5.73 Å². The predicted octanol–water partition coefficient (Wildman–Crippen LogP) is 3.74. The van der Waals surface area contributed by atoms with E-state index in [1.54, 1.807) is 0 Å². The number of hydrogen-bond donors (Lipinski definition) is 2. The zero-order chi connectivity index (χ0) is 18.4. The number of nitrogens with zero attached hydrogens (tertiary/aromatic N) is 3. The maximum absolute atomic E-state index is 10.6. The average molecular weight is 502 g/mol. The molecule has 0 atom stereocenters. The van der Waals surface area contributed by atoms with Gasteiger partial charge in [0.05, 0.1) is 29.2 Å². The summed E-state index contributed by atoms with van der Waals surface area (Å²) < 4.78 is 1.15. The van der Waals surface area contributed by atoms with Crippen molar-refractivity contribution in [3.63, 3.8) is 0 Å². The van der Waals surface area contributed by atoms with E-state index in [4.69, 9.17) is 10.9 Å². The van der Waals surface area contributed by atoms with Crippen LogP contribution in [0.4, 0.5) is 10.0 Å². The number of amides is 1. The lowest BCUT2D eigenvalue weighted by atomic mass is 10.3. The van der Waals surface area contributed by atoms with Gasteiger partial charge in [-0.3, -0.25) is 25.0 Å². The molecule has 0 radical (unpaired) electrons. The number of nitrogens with two attached hydrogens (primary N) is 1. The second-order valence-corrected chi connectivity index (χ2v) is 8.52. The summed E-state index contributed by atoms with van der Waals surface area (Å²) in [6, 6.07) is 2.85. The first kappa shape index (κ1) is 20.1. The fourth-order valence-electron chi connectivity index (χ4n) is 1.33. The molecule has 0 saturated heterocycles. The Kier molecular flexibility index (Phi) is 7.40. The lowest BCUT2D eigenvalue weighted by molar-refractivity contribution is -0.380. The molecule has 2 heterocycles. The molecule has 14 heteroatoms. The highest BCUT2D eigenvalue weighted by Gasteiger charge is 2.21. The molecule has 0 spiro atoms. The van der Waals surface area contributed by atoms with Gasteiger partial charge in [-0.2, -0.15) is 0 Å². The van der Waals surface area contributed by atoms with Gasteiger partial charge in [-0.25, -0.2) is 0 Å². The van der Waals surface area contributed by atoms with E-state index in [0.29, 0.717) is 13.1 Å². The van der Waals surface area contributed by atoms with Crippen molar-refractivity contribution in [3.8, 4) is 0 Å². The van der Waals surface area contributed by atoms with Gasteiger partial charge < -0.3 is 10.9 Å². The third-order valence-corrected chi connectivity index (χ3v) is 5.38. The average Bonchev–Trinajstić information content (AvgIpc) is 3.03. The summed E-state index contributed by atoms with van der Waals surface area (Å²) in [5.41, 5.74) is 5.14. The van der Waals surface area contributed by atoms with Crippen molar-refractivity contribution in [2.45, 2.75) is 0 Å². The molecule has 0 saturated carbocycles. The van der Waals surface area contributed by atoms with Gasteiger partial charge in [-0.1, -0.05) is 27.8 Å². The molecule has 0 aliphatic heterocycles. The van der Waals surface area contributed by atoms with Crippen molar-refractivity contribution in [1.29, 1.82) is 0 Å². The summed E-state index contributed by atoms with van der Waals surface area (Å²) in [4.78, 5) is 30.2. The number of carbonyl (C=O) groups excluding carboxylic acids is 1. The summed E-state index contributed by atoms with van der Waals surface area (Å²) in [7, 11) is 0. The van der Waals surface area contributed by atoms with Crippen LogP contribution in [0.5, 0.6) is 0 Å². The first-order chi connectivity index (χ1) is 11.2. The molecule has 3 N–H and O–H groups in total. The summed E-state index contributed by atoms with van der Waals surface area (Å²) >= 11 is 7.96. The fraction of sp³-hybridized carbons (Fsp3) is 0. The molecule has 0 bridgehead atoms. The maximum Gasteiger partial charge on any atom is 0.337 e. The predicted molar refractivity (Wildman–Crippen MR) is 95.2 cm³/mol. The minimum Gasteiger partial charge on any atom is -0.411 e. The molecule has 2 rings (SSSR count). The minimum absolute atomic E-state index is 0.0420. The fourth-order valence-corrected chi connectivity index (χ4v) is 4.10. The Labute approximate surface area is 158 Å². The minimum atomic E-state index is -0.788. The van der Waals surface area contributed by atoms with Gasteiger partial charge in [-0.05, 0) is 44.0 Å². The number of carbonyl (C=O) groups is 1. The van der Waals surface area contributed by atoms with E-state index >= 15 is 0 Å². The van der Waals surface area contributed by atoms with Gasteiger partial charge in [0.2, 0.25) is 0 Å². The van der Waals surface area contributed by atoms with Crippen LogP contribution in [0.25, 0.3) is 0 Å². The van der Waals surface area contributed by atoms with Crippen LogP contribution in [0.1, 0.15) is 15.9 Å². The van der Waals surface area contributed by atoms with Crippen LogP contribution in [0.3, 0.4) is 0 Å². The van der Waals surface area contributed by atoms with Crippen molar-refractivity contribution in [3.05, 3.63) is 51.1 Å². The summed E-state index contributed by atoms with van der Waals surface area (Å²) in [5.74, 6) is -0.788. The van der Waals surface area contributed by atoms with Gasteiger partial charge in [-0.15, -0.1) is 0 Å². The van der Waals surface area contributed by atoms with Crippen LogP contribution in [-0.2, 0) is 0 Å². The Hall–Kier alpha value is -1.90. The van der Waals surface area contributed by atoms with Crippen molar-refractivity contribution in [2.75, 3.05) is 0 Å². The first-order valence-corrected chi connectivity index (χ1v) is 8.74. The van der Waals surface area contributed by atoms with Crippen LogP contribution in [0, 0.1) is 20.2 Å². The molecular formula is C10H6Br2N4O6S2. The van der Waals surface area contributed by atoms with Gasteiger partial charge >= 0.3 is 10.0 Å². The summed E-state index contributed by atoms with van der Waals surface area (Å²) in [6.45, 7) is 0. The first-order valence-electron chi connectivity index (χ1n) is 5.52. The highest BCUT2D eigenvalue weighted by molar-refractivity contribution is 9.11. The highest BCUT2D eigenvalue weighted by atomic mass is 79.9. The molecule has 2 aromatic heterocycles. The Balaban J connectivity index is 0.000000240. The molecule has 0 fully saturated rings. The molecule has 0 aromatic carbocycles. The molecule has 2 aromatic rings. The van der Waals surface area contributed by atoms with Gasteiger partial charge in [0, 0.05) is 0 Å². The second-order valence-electron chi connectivity index (χ2n) is 3.70. The summed E-state index contributed by atoms with van der Waals surface area (Å²) in [6.07, 6.45) is 1.03. The van der Waals surface area contributed by atoms with Gasteiger partial charge in [0.1, 0.15) is 5.56 Å². The molecule has 24 heavy (non-hydrogen) atoms. The topological polar surface area (TPSA) is 162 Å². The van der Waals surface area contributed by atoms with Crippen molar-refractivity contribution in [1.82, 2.24) is 0 Å². The number of rotatable bonds is 4. The Morgan fingerprint density at radius 1 is 1.17 bits per heavy atom. The molecule has 10 nitrogen and oxygen atoms in total. The zero-order valence-corrected chi connectivity index (χ0v) is 16.0. The van der Waals surface area contributed by atoms with E-state index < -0.39 is 15.8 Å². The van der Waals surface area contributed by atoms with E-state index in [-0.39, 0.29) is 15.6 Å². The van der Waals surface area contributed by atoms with Crippen molar-refractivity contribution < 1.29 is 19.8 Å². The maximum atomic E-state index is 10.6. The number of thiophene rings is 2. The van der Waals surface area contributed by atoms with E-state index in [0.717, 1.165) is 28.9 Å². The van der Waals surface area contributed by atoms with Gasteiger partial charge in [0.25, 0.3) is 5.91 Å². The lowest BCUT2D eigenvalue weighted by Crippen LogP contribution is -2.11. The number of halogens is 2. The largest absolute Gasteiger partial charge is 0.411 e. The van der Waals surface area contributed by atoms with Crippen LogP contribution >= 0.6 is 54.5 Å².